The van der Waals surface area contributed by atoms with Crippen molar-refractivity contribution < 1.29 is 14.1 Å². The van der Waals surface area contributed by atoms with Crippen LogP contribution in [0, 0.1) is 13.8 Å². The monoisotopic (exact) mass is 397 g/mol. The number of nitrogens with zero attached hydrogens (tertiary/aromatic N) is 2. The van der Waals surface area contributed by atoms with Crippen LogP contribution >= 0.6 is 11.3 Å². The van der Waals surface area contributed by atoms with Gasteiger partial charge in [0.05, 0.1) is 23.4 Å². The van der Waals surface area contributed by atoms with E-state index >= 15 is 0 Å². The highest BCUT2D eigenvalue weighted by Gasteiger charge is 2.22. The number of nitrogens with one attached hydrogen (secondary N) is 1. The fraction of sp³-hybridized carbons (Fsp3) is 0.381. The molecule has 1 aliphatic rings. The van der Waals surface area contributed by atoms with Gasteiger partial charge in [0.1, 0.15) is 16.3 Å². The van der Waals surface area contributed by atoms with Gasteiger partial charge in [-0.05, 0) is 26.7 Å². The largest absolute Gasteiger partial charge is 0.379 e. The lowest BCUT2D eigenvalue weighted by Gasteiger charge is -2.09. The predicted octanol–water partition coefficient (Wildman–Crippen LogP) is 3.72. The molecule has 0 saturated carbocycles. The molecule has 146 valence electrons. The van der Waals surface area contributed by atoms with E-state index in [9.17, 15) is 4.79 Å². The second kappa shape index (κ2) is 8.24. The fourth-order valence-electron chi connectivity index (χ4n) is 3.41. The fourth-order valence-corrected chi connectivity index (χ4v) is 4.38. The van der Waals surface area contributed by atoms with Crippen LogP contribution in [0.4, 0.5) is 0 Å². The Balaban J connectivity index is 1.46. The van der Waals surface area contributed by atoms with E-state index in [1.54, 1.807) is 0 Å². The summed E-state index contributed by atoms with van der Waals surface area (Å²) in [5, 5.41) is 8.23. The maximum absolute atomic E-state index is 12.5. The van der Waals surface area contributed by atoms with E-state index in [-0.39, 0.29) is 11.9 Å². The van der Waals surface area contributed by atoms with Crippen LogP contribution in [-0.2, 0) is 17.6 Å². The van der Waals surface area contributed by atoms with Crippen molar-refractivity contribution in [1.82, 2.24) is 15.5 Å². The van der Waals surface area contributed by atoms with E-state index in [2.05, 4.69) is 15.5 Å². The van der Waals surface area contributed by atoms with Crippen LogP contribution in [0.3, 0.4) is 0 Å². The van der Waals surface area contributed by atoms with Crippen molar-refractivity contribution >= 4 is 17.2 Å². The lowest BCUT2D eigenvalue weighted by Crippen LogP contribution is -2.34. The minimum atomic E-state index is -0.0529. The average molecular weight is 398 g/mol. The number of carbonyl (C=O) groups excluding carboxylic acids is 1. The van der Waals surface area contributed by atoms with E-state index in [1.165, 1.54) is 11.3 Å². The van der Waals surface area contributed by atoms with Gasteiger partial charge in [-0.1, -0.05) is 35.5 Å². The summed E-state index contributed by atoms with van der Waals surface area (Å²) < 4.78 is 10.8. The van der Waals surface area contributed by atoms with E-state index in [0.29, 0.717) is 18.1 Å². The average Bonchev–Trinajstić information content (AvgIpc) is 3.42. The molecule has 6 nitrogen and oxygen atoms in total. The highest BCUT2D eigenvalue weighted by atomic mass is 32.1. The summed E-state index contributed by atoms with van der Waals surface area (Å²) >= 11 is 1.47. The van der Waals surface area contributed by atoms with Crippen LogP contribution in [0.15, 0.2) is 34.9 Å². The number of rotatable bonds is 6. The van der Waals surface area contributed by atoms with E-state index in [4.69, 9.17) is 9.26 Å². The Morgan fingerprint density at radius 2 is 2.07 bits per heavy atom. The molecule has 1 aliphatic heterocycles. The zero-order valence-electron chi connectivity index (χ0n) is 16.0. The van der Waals surface area contributed by atoms with Gasteiger partial charge in [-0.15, -0.1) is 11.3 Å². The third kappa shape index (κ3) is 4.00. The summed E-state index contributed by atoms with van der Waals surface area (Å²) in [6.45, 7) is 5.12. The zero-order chi connectivity index (χ0) is 19.5. The molecule has 0 radical (unpaired) electrons. The Hall–Kier alpha value is -2.51. The number of hydrogen-bond acceptors (Lipinski definition) is 6. The summed E-state index contributed by atoms with van der Waals surface area (Å²) in [4.78, 5) is 17.8. The topological polar surface area (TPSA) is 77.2 Å². The molecule has 7 heteroatoms. The summed E-state index contributed by atoms with van der Waals surface area (Å²) in [6.07, 6.45) is 2.38. The van der Waals surface area contributed by atoms with Crippen LogP contribution in [0.1, 0.15) is 38.1 Å². The second-order valence-corrected chi connectivity index (χ2v) is 8.07. The normalized spacial score (nSPS) is 16.4. The molecule has 0 unspecified atom stereocenters. The quantitative estimate of drug-likeness (QED) is 0.686. The van der Waals surface area contributed by atoms with E-state index in [0.717, 1.165) is 52.5 Å². The zero-order valence-corrected chi connectivity index (χ0v) is 16.8. The lowest BCUT2D eigenvalue weighted by molar-refractivity contribution is 0.0933. The van der Waals surface area contributed by atoms with Crippen LogP contribution in [0.25, 0.3) is 11.3 Å². The summed E-state index contributed by atoms with van der Waals surface area (Å²) in [6, 6.07) is 10.1. The first kappa shape index (κ1) is 18.8. The number of hydrogen-bond donors (Lipinski definition) is 1. The Morgan fingerprint density at radius 3 is 2.82 bits per heavy atom. The third-order valence-electron chi connectivity index (χ3n) is 4.93. The van der Waals surface area contributed by atoms with Gasteiger partial charge in [-0.2, -0.15) is 0 Å². The van der Waals surface area contributed by atoms with Gasteiger partial charge in [0, 0.05) is 24.2 Å². The molecule has 4 rings (SSSR count). The van der Waals surface area contributed by atoms with Gasteiger partial charge in [-0.3, -0.25) is 4.79 Å². The van der Waals surface area contributed by atoms with Crippen LogP contribution < -0.4 is 5.32 Å². The number of carbonyl (C=O) groups is 1. The molecule has 3 aromatic rings. The van der Waals surface area contributed by atoms with Crippen molar-refractivity contribution in [2.45, 2.75) is 39.2 Å². The van der Waals surface area contributed by atoms with Gasteiger partial charge in [-0.25, -0.2) is 4.98 Å². The molecular weight excluding hydrogens is 374 g/mol. The molecule has 0 bridgehead atoms. The Morgan fingerprint density at radius 1 is 1.25 bits per heavy atom. The van der Waals surface area contributed by atoms with Crippen LogP contribution in [0.5, 0.6) is 0 Å². The van der Waals surface area contributed by atoms with Crippen molar-refractivity contribution in [3.63, 3.8) is 0 Å². The smallest absolute Gasteiger partial charge is 0.263 e. The summed E-state index contributed by atoms with van der Waals surface area (Å²) in [7, 11) is 0. The van der Waals surface area contributed by atoms with Gasteiger partial charge in [0.15, 0.2) is 0 Å². The number of aryl methyl sites for hydroxylation is 3. The number of ether oxygens (including phenoxy) is 1. The second-order valence-electron chi connectivity index (χ2n) is 6.99. The minimum absolute atomic E-state index is 0.0529. The number of benzene rings is 1. The van der Waals surface area contributed by atoms with Crippen molar-refractivity contribution in [2.24, 2.45) is 0 Å². The molecule has 1 fully saturated rings. The molecule has 2 aromatic heterocycles. The number of amides is 1. The maximum Gasteiger partial charge on any atom is 0.263 e. The molecule has 0 aliphatic carbocycles. The number of thiazole rings is 1. The number of aromatic nitrogens is 2. The van der Waals surface area contributed by atoms with E-state index in [1.807, 2.05) is 44.2 Å². The lowest BCUT2D eigenvalue weighted by atomic mass is 10.0. The van der Waals surface area contributed by atoms with Gasteiger partial charge >= 0.3 is 0 Å². The highest BCUT2D eigenvalue weighted by molar-refractivity contribution is 7.13. The molecule has 28 heavy (non-hydrogen) atoms. The molecule has 1 atom stereocenters. The molecule has 0 spiro atoms. The van der Waals surface area contributed by atoms with Gasteiger partial charge in [0.25, 0.3) is 5.91 Å². The maximum atomic E-state index is 12.5. The van der Waals surface area contributed by atoms with Crippen molar-refractivity contribution in [1.29, 1.82) is 0 Å². The van der Waals surface area contributed by atoms with Crippen molar-refractivity contribution in [3.8, 4) is 11.3 Å². The van der Waals surface area contributed by atoms with Gasteiger partial charge < -0.3 is 14.6 Å². The Bertz CT molecular complexity index is 959. The third-order valence-corrected chi connectivity index (χ3v) is 6.15. The summed E-state index contributed by atoms with van der Waals surface area (Å²) in [5.41, 5.74) is 3.80. The van der Waals surface area contributed by atoms with Crippen molar-refractivity contribution in [3.05, 3.63) is 57.2 Å². The van der Waals surface area contributed by atoms with Crippen LogP contribution in [-0.4, -0.2) is 35.3 Å². The highest BCUT2D eigenvalue weighted by Crippen LogP contribution is 2.27. The van der Waals surface area contributed by atoms with E-state index < -0.39 is 0 Å². The molecule has 1 amide bonds. The SMILES string of the molecule is Cc1nc(CCc2c(-c3ccccc3)noc2C)sc1C(=O)N[C@@H]1CCOC1. The first-order valence-electron chi connectivity index (χ1n) is 9.47. The molecular formula is C21H23N3O3S. The molecule has 1 saturated heterocycles. The predicted molar refractivity (Wildman–Crippen MR) is 108 cm³/mol. The Labute approximate surface area is 167 Å². The van der Waals surface area contributed by atoms with Crippen LogP contribution in [0.2, 0.25) is 0 Å². The van der Waals surface area contributed by atoms with Gasteiger partial charge in [0.2, 0.25) is 0 Å². The standard InChI is InChI=1S/C21H23N3O3S/c1-13-20(21(25)23-16-10-11-26-12-16)28-18(22-13)9-8-17-14(2)27-24-19(17)15-6-4-3-5-7-15/h3-7,16H,8-12H2,1-2H3,(H,23,25)/t16-/m1/s1. The molecule has 1 aromatic carbocycles. The first-order valence-corrected chi connectivity index (χ1v) is 10.3. The minimum Gasteiger partial charge on any atom is -0.379 e. The summed E-state index contributed by atoms with van der Waals surface area (Å²) in [5.74, 6) is 0.772. The van der Waals surface area contributed by atoms with Crippen molar-refractivity contribution in [2.75, 3.05) is 13.2 Å². The Kier molecular flexibility index (Phi) is 5.54. The molecule has 3 heterocycles. The molecule has 1 N–H and O–H groups in total. The first-order chi connectivity index (χ1) is 13.6.